The Morgan fingerprint density at radius 3 is 1.26 bits per heavy atom. The zero-order valence-electron chi connectivity index (χ0n) is 44.5. The molecule has 0 radical (unpaired) electrons. The van der Waals surface area contributed by atoms with Crippen molar-refractivity contribution in [1.82, 2.24) is 15.5 Å². The summed E-state index contributed by atoms with van der Waals surface area (Å²) in [5, 5.41) is 6.64. The molecule has 0 bridgehead atoms. The van der Waals surface area contributed by atoms with E-state index < -0.39 is 23.8 Å². The minimum atomic E-state index is -0.493. The maximum atomic E-state index is 15.4. The van der Waals surface area contributed by atoms with Crippen LogP contribution in [0.5, 0.6) is 28.7 Å². The van der Waals surface area contributed by atoms with Gasteiger partial charge in [-0.05, 0) is 107 Å². The van der Waals surface area contributed by atoms with Gasteiger partial charge in [0.1, 0.15) is 55.8 Å². The Morgan fingerprint density at radius 2 is 0.775 bits per heavy atom. The van der Waals surface area contributed by atoms with E-state index in [2.05, 4.69) is 27.7 Å². The molecule has 11 heteroatoms. The van der Waals surface area contributed by atoms with Crippen molar-refractivity contribution in [3.05, 3.63) is 292 Å². The number of carbonyl (C=O) groups excluding carboxylic acids is 3. The first kappa shape index (κ1) is 53.9. The van der Waals surface area contributed by atoms with Gasteiger partial charge in [0.25, 0.3) is 11.8 Å². The first-order valence-electron chi connectivity index (χ1n) is 27.1. The van der Waals surface area contributed by atoms with Crippen LogP contribution in [-0.2, 0) is 39.6 Å². The quantitative estimate of drug-likeness (QED) is 0.0603. The number of rotatable bonds is 23. The SMILES string of the molecule is O=C(NC1CCCN(Cc2ccccc2)CC1NC(=O)c1ccc(OCc2ccccc2)cc1)c1cc(OCc2ccccc2)c(C(=O)c2ccc(OCc3ccccc3)c(OCc3ccccc3)c2)c(OCc2ccccc2)c1. The van der Waals surface area contributed by atoms with Crippen LogP contribution in [0.3, 0.4) is 0 Å². The van der Waals surface area contributed by atoms with Crippen molar-refractivity contribution < 1.29 is 38.1 Å². The van der Waals surface area contributed by atoms with Crippen LogP contribution >= 0.6 is 0 Å². The van der Waals surface area contributed by atoms with E-state index in [1.807, 2.05) is 170 Å². The first-order valence-corrected chi connectivity index (χ1v) is 27.1. The van der Waals surface area contributed by atoms with Gasteiger partial charge in [0.15, 0.2) is 11.5 Å². The number of hydrogen-bond acceptors (Lipinski definition) is 9. The highest BCUT2D eigenvalue weighted by atomic mass is 16.5. The average molecular weight is 1060 g/mol. The van der Waals surface area contributed by atoms with Crippen molar-refractivity contribution in [3.63, 3.8) is 0 Å². The molecule has 2 amide bonds. The predicted molar refractivity (Wildman–Crippen MR) is 310 cm³/mol. The van der Waals surface area contributed by atoms with Crippen molar-refractivity contribution in [3.8, 4) is 28.7 Å². The lowest BCUT2D eigenvalue weighted by Gasteiger charge is -2.30. The minimum absolute atomic E-state index is 0.0934. The molecule has 9 aromatic rings. The molecule has 9 aromatic carbocycles. The fourth-order valence-corrected chi connectivity index (χ4v) is 9.62. The van der Waals surface area contributed by atoms with Crippen molar-refractivity contribution in [1.29, 1.82) is 0 Å². The Hall–Kier alpha value is -9.45. The zero-order chi connectivity index (χ0) is 54.7. The maximum absolute atomic E-state index is 15.4. The minimum Gasteiger partial charge on any atom is -0.489 e. The Bertz CT molecular complexity index is 3360. The number of benzene rings is 9. The summed E-state index contributed by atoms with van der Waals surface area (Å²) in [7, 11) is 0. The number of ketones is 1. The van der Waals surface area contributed by atoms with E-state index in [0.29, 0.717) is 48.9 Å². The monoisotopic (exact) mass is 1060 g/mol. The van der Waals surface area contributed by atoms with Gasteiger partial charge < -0.3 is 34.3 Å². The second-order valence-corrected chi connectivity index (χ2v) is 19.8. The lowest BCUT2D eigenvalue weighted by molar-refractivity contribution is 0.0871. The highest BCUT2D eigenvalue weighted by Gasteiger charge is 2.32. The third-order valence-electron chi connectivity index (χ3n) is 13.9. The van der Waals surface area contributed by atoms with Gasteiger partial charge in [0, 0.05) is 29.8 Å². The molecule has 0 aromatic heterocycles. The van der Waals surface area contributed by atoms with Crippen molar-refractivity contribution in [2.75, 3.05) is 13.1 Å². The third-order valence-corrected chi connectivity index (χ3v) is 13.9. The molecule has 11 nitrogen and oxygen atoms in total. The van der Waals surface area contributed by atoms with Crippen LogP contribution in [0, 0.1) is 0 Å². The molecule has 80 heavy (non-hydrogen) atoms. The van der Waals surface area contributed by atoms with E-state index >= 15 is 9.59 Å². The Balaban J connectivity index is 0.970. The molecular formula is C69H63N3O8. The molecule has 1 aliphatic rings. The van der Waals surface area contributed by atoms with Gasteiger partial charge in [0.2, 0.25) is 5.78 Å². The lowest BCUT2D eigenvalue weighted by atomic mass is 9.98. The number of hydrogen-bond donors (Lipinski definition) is 2. The molecular weight excluding hydrogens is 999 g/mol. The Labute approximate surface area is 467 Å². The average Bonchev–Trinajstić information content (AvgIpc) is 3.70. The molecule has 2 unspecified atom stereocenters. The highest BCUT2D eigenvalue weighted by molar-refractivity contribution is 6.13. The van der Waals surface area contributed by atoms with Crippen LogP contribution in [0.25, 0.3) is 0 Å². The smallest absolute Gasteiger partial charge is 0.251 e. The molecule has 0 saturated carbocycles. The second-order valence-electron chi connectivity index (χ2n) is 19.8. The molecule has 2 atom stereocenters. The standard InChI is InChI=1S/C69H63N3O8/c73-67(57-35-38-62(77-46-52-24-11-3-12-25-52)63(40-57)78-47-53-26-13-4-14-27-53)66-64(79-48-54-28-15-5-16-29-54)41-58(42-65(66)80-49-55-30-17-6-18-31-55)69(75)70-60-32-19-39-72(43-50-20-7-1-8-21-50)44-61(60)71-68(74)56-33-36-59(37-34-56)76-45-51-22-9-2-10-23-51/h1-18,20-31,33-38,40-42,60-61H,19,32,39,43-49H2,(H,70,75)(H,71,74). The summed E-state index contributed by atoms with van der Waals surface area (Å²) in [4.78, 5) is 47.0. The summed E-state index contributed by atoms with van der Waals surface area (Å²) >= 11 is 0. The van der Waals surface area contributed by atoms with Gasteiger partial charge in [-0.25, -0.2) is 0 Å². The first-order chi connectivity index (χ1) is 39.4. The fourth-order valence-electron chi connectivity index (χ4n) is 9.62. The second kappa shape index (κ2) is 27.2. The number of carbonyl (C=O) groups is 3. The zero-order valence-corrected chi connectivity index (χ0v) is 44.5. The van der Waals surface area contributed by atoms with E-state index in [-0.39, 0.29) is 60.5 Å². The van der Waals surface area contributed by atoms with Gasteiger partial charge in [-0.2, -0.15) is 0 Å². The lowest BCUT2D eigenvalue weighted by Crippen LogP contribution is -2.54. The number of amides is 2. The van der Waals surface area contributed by atoms with Crippen molar-refractivity contribution in [2.24, 2.45) is 0 Å². The summed E-state index contributed by atoms with van der Waals surface area (Å²) in [5.74, 6) is 0.688. The van der Waals surface area contributed by atoms with Crippen molar-refractivity contribution in [2.45, 2.75) is 64.5 Å². The Kier molecular flexibility index (Phi) is 18.4. The van der Waals surface area contributed by atoms with E-state index in [1.54, 1.807) is 54.6 Å². The predicted octanol–water partition coefficient (Wildman–Crippen LogP) is 13.0. The summed E-state index contributed by atoms with van der Waals surface area (Å²) in [6, 6.07) is 73.5. The van der Waals surface area contributed by atoms with Crippen LogP contribution in [-0.4, -0.2) is 47.7 Å². The van der Waals surface area contributed by atoms with Gasteiger partial charge in [-0.15, -0.1) is 0 Å². The van der Waals surface area contributed by atoms with Crippen LogP contribution in [0.1, 0.15) is 82.9 Å². The molecule has 0 spiro atoms. The van der Waals surface area contributed by atoms with Crippen LogP contribution in [0.15, 0.2) is 237 Å². The largest absolute Gasteiger partial charge is 0.489 e. The normalized spacial score (nSPS) is 14.2. The van der Waals surface area contributed by atoms with Crippen LogP contribution in [0.2, 0.25) is 0 Å². The van der Waals surface area contributed by atoms with Gasteiger partial charge in [-0.1, -0.05) is 182 Å². The van der Waals surface area contributed by atoms with E-state index in [9.17, 15) is 4.79 Å². The summed E-state index contributed by atoms with van der Waals surface area (Å²) in [6.45, 7) is 3.01. The number of ether oxygens (including phenoxy) is 5. The molecule has 1 heterocycles. The third kappa shape index (κ3) is 15.0. The van der Waals surface area contributed by atoms with Crippen molar-refractivity contribution >= 4 is 17.6 Å². The molecule has 1 aliphatic heterocycles. The topological polar surface area (TPSA) is 125 Å². The highest BCUT2D eigenvalue weighted by Crippen LogP contribution is 2.37. The maximum Gasteiger partial charge on any atom is 0.251 e. The molecule has 402 valence electrons. The molecule has 1 saturated heterocycles. The Morgan fingerprint density at radius 1 is 0.388 bits per heavy atom. The molecule has 2 N–H and O–H groups in total. The molecule has 0 aliphatic carbocycles. The molecule has 10 rings (SSSR count). The fraction of sp³-hybridized carbons (Fsp3) is 0.174. The number of nitrogens with zero attached hydrogens (tertiary/aromatic N) is 1. The number of nitrogens with one attached hydrogen (secondary N) is 2. The van der Waals surface area contributed by atoms with Crippen LogP contribution in [0.4, 0.5) is 0 Å². The van der Waals surface area contributed by atoms with Gasteiger partial charge in [-0.3, -0.25) is 19.3 Å². The van der Waals surface area contributed by atoms with E-state index in [4.69, 9.17) is 23.7 Å². The number of likely N-dealkylation sites (tertiary alicyclic amines) is 1. The van der Waals surface area contributed by atoms with E-state index in [1.165, 1.54) is 0 Å². The van der Waals surface area contributed by atoms with E-state index in [0.717, 1.165) is 46.3 Å². The summed E-state index contributed by atoms with van der Waals surface area (Å²) < 4.78 is 32.1. The summed E-state index contributed by atoms with van der Waals surface area (Å²) in [5.41, 5.74) is 6.92. The van der Waals surface area contributed by atoms with Crippen LogP contribution < -0.4 is 34.3 Å². The van der Waals surface area contributed by atoms with Gasteiger partial charge >= 0.3 is 0 Å². The summed E-state index contributed by atoms with van der Waals surface area (Å²) in [6.07, 6.45) is 1.34. The molecule has 1 fully saturated rings. The van der Waals surface area contributed by atoms with Gasteiger partial charge in [0.05, 0.1) is 12.1 Å².